The third-order valence-corrected chi connectivity index (χ3v) is 4.27. The van der Waals surface area contributed by atoms with Crippen LogP contribution < -0.4 is 10.6 Å². The zero-order chi connectivity index (χ0) is 15.4. The molecule has 1 aliphatic carbocycles. The summed E-state index contributed by atoms with van der Waals surface area (Å²) < 4.78 is 0. The van der Waals surface area contributed by atoms with Crippen molar-refractivity contribution in [1.82, 2.24) is 15.6 Å². The highest BCUT2D eigenvalue weighted by Crippen LogP contribution is 2.21. The molecule has 0 amide bonds. The number of hydrogen-bond donors (Lipinski definition) is 3. The first kappa shape index (κ1) is 14.7. The van der Waals surface area contributed by atoms with Gasteiger partial charge in [-0.25, -0.2) is 0 Å². The number of nitrogens with zero attached hydrogens (tertiary/aromatic N) is 1. The predicted molar refractivity (Wildman–Crippen MR) is 93.4 cm³/mol. The SMILES string of the molecule is CN=C(NCCc1c(C)[nH]c2ccccc12)NC1CC=CC1. The van der Waals surface area contributed by atoms with Crippen LogP contribution in [-0.2, 0) is 6.42 Å². The van der Waals surface area contributed by atoms with Crippen molar-refractivity contribution in [2.45, 2.75) is 32.2 Å². The van der Waals surface area contributed by atoms with Crippen LogP contribution in [0, 0.1) is 6.92 Å². The number of para-hydroxylation sites is 1. The number of aromatic amines is 1. The normalized spacial score (nSPS) is 15.6. The summed E-state index contributed by atoms with van der Waals surface area (Å²) in [6, 6.07) is 8.97. The Morgan fingerprint density at radius 2 is 2.05 bits per heavy atom. The molecular weight excluding hydrogens is 272 g/mol. The highest BCUT2D eigenvalue weighted by molar-refractivity contribution is 5.84. The first-order chi connectivity index (χ1) is 10.8. The molecule has 3 rings (SSSR count). The molecule has 3 N–H and O–H groups in total. The van der Waals surface area contributed by atoms with E-state index in [1.807, 2.05) is 7.05 Å². The lowest BCUT2D eigenvalue weighted by Crippen LogP contribution is -2.43. The first-order valence-corrected chi connectivity index (χ1v) is 7.96. The largest absolute Gasteiger partial charge is 0.358 e. The summed E-state index contributed by atoms with van der Waals surface area (Å²) in [5, 5.41) is 8.21. The van der Waals surface area contributed by atoms with Crippen LogP contribution in [0.1, 0.15) is 24.1 Å². The van der Waals surface area contributed by atoms with Crippen molar-refractivity contribution in [2.24, 2.45) is 4.99 Å². The number of guanidine groups is 1. The van der Waals surface area contributed by atoms with E-state index < -0.39 is 0 Å². The molecule has 0 fully saturated rings. The summed E-state index contributed by atoms with van der Waals surface area (Å²) in [5.74, 6) is 0.895. The Kier molecular flexibility index (Phi) is 4.47. The Hall–Kier alpha value is -2.23. The number of nitrogens with one attached hydrogen (secondary N) is 3. The highest BCUT2D eigenvalue weighted by Gasteiger charge is 2.12. The van der Waals surface area contributed by atoms with Crippen LogP contribution in [-0.4, -0.2) is 30.6 Å². The summed E-state index contributed by atoms with van der Waals surface area (Å²) >= 11 is 0. The number of fused-ring (bicyclic) bond motifs is 1. The van der Waals surface area contributed by atoms with E-state index >= 15 is 0 Å². The van der Waals surface area contributed by atoms with Gasteiger partial charge in [0.05, 0.1) is 0 Å². The molecule has 4 heteroatoms. The van der Waals surface area contributed by atoms with Crippen molar-refractivity contribution in [1.29, 1.82) is 0 Å². The molecule has 0 radical (unpaired) electrons. The van der Waals surface area contributed by atoms with Crippen LogP contribution in [0.4, 0.5) is 0 Å². The molecule has 4 nitrogen and oxygen atoms in total. The van der Waals surface area contributed by atoms with Crippen molar-refractivity contribution >= 4 is 16.9 Å². The number of aryl methyl sites for hydroxylation is 1. The first-order valence-electron chi connectivity index (χ1n) is 7.96. The van der Waals surface area contributed by atoms with E-state index in [1.165, 1.54) is 22.2 Å². The van der Waals surface area contributed by atoms with E-state index in [1.54, 1.807) is 0 Å². The van der Waals surface area contributed by atoms with Crippen LogP contribution in [0.3, 0.4) is 0 Å². The van der Waals surface area contributed by atoms with Crippen LogP contribution in [0.15, 0.2) is 41.4 Å². The minimum atomic E-state index is 0.487. The summed E-state index contributed by atoms with van der Waals surface area (Å²) in [6.07, 6.45) is 7.60. The van der Waals surface area contributed by atoms with Gasteiger partial charge in [0.1, 0.15) is 0 Å². The minimum Gasteiger partial charge on any atom is -0.358 e. The van der Waals surface area contributed by atoms with E-state index in [9.17, 15) is 0 Å². The van der Waals surface area contributed by atoms with Crippen molar-refractivity contribution in [3.8, 4) is 0 Å². The van der Waals surface area contributed by atoms with Gasteiger partial charge in [0.25, 0.3) is 0 Å². The van der Waals surface area contributed by atoms with Gasteiger partial charge >= 0.3 is 0 Å². The van der Waals surface area contributed by atoms with Gasteiger partial charge in [0.2, 0.25) is 0 Å². The molecule has 0 unspecified atom stereocenters. The Morgan fingerprint density at radius 3 is 2.82 bits per heavy atom. The van der Waals surface area contributed by atoms with Gasteiger partial charge in [-0.3, -0.25) is 4.99 Å². The van der Waals surface area contributed by atoms with Crippen LogP contribution in [0.2, 0.25) is 0 Å². The smallest absolute Gasteiger partial charge is 0.191 e. The van der Waals surface area contributed by atoms with Crippen molar-refractivity contribution in [3.63, 3.8) is 0 Å². The molecule has 1 aromatic heterocycles. The summed E-state index contributed by atoms with van der Waals surface area (Å²) in [4.78, 5) is 7.77. The third kappa shape index (κ3) is 3.16. The maximum Gasteiger partial charge on any atom is 0.191 e. The summed E-state index contributed by atoms with van der Waals surface area (Å²) in [7, 11) is 1.83. The van der Waals surface area contributed by atoms with Gasteiger partial charge in [0.15, 0.2) is 5.96 Å². The lowest BCUT2D eigenvalue weighted by molar-refractivity contribution is 0.633. The Morgan fingerprint density at radius 1 is 1.27 bits per heavy atom. The number of aromatic nitrogens is 1. The Bertz CT molecular complexity index is 688. The fourth-order valence-electron chi connectivity index (χ4n) is 3.09. The zero-order valence-corrected chi connectivity index (χ0v) is 13.3. The number of hydrogen-bond acceptors (Lipinski definition) is 1. The average molecular weight is 296 g/mol. The number of aliphatic imine (C=N–C) groups is 1. The molecule has 1 heterocycles. The lowest BCUT2D eigenvalue weighted by atomic mass is 10.1. The molecule has 0 spiro atoms. The van der Waals surface area contributed by atoms with Gasteiger partial charge in [0, 0.05) is 36.2 Å². The van der Waals surface area contributed by atoms with Crippen molar-refractivity contribution in [3.05, 3.63) is 47.7 Å². The fourth-order valence-corrected chi connectivity index (χ4v) is 3.09. The second-order valence-corrected chi connectivity index (χ2v) is 5.81. The van der Waals surface area contributed by atoms with Gasteiger partial charge in [-0.05, 0) is 37.8 Å². The van der Waals surface area contributed by atoms with Crippen molar-refractivity contribution < 1.29 is 0 Å². The standard InChI is InChI=1S/C18H24N4/c1-13-15(16-9-5-6-10-17(16)21-13)11-12-20-18(19-2)22-14-7-3-4-8-14/h3-6,9-10,14,21H,7-8,11-12H2,1-2H3,(H2,19,20,22). The molecule has 2 aromatic rings. The zero-order valence-electron chi connectivity index (χ0n) is 13.3. The molecule has 22 heavy (non-hydrogen) atoms. The topological polar surface area (TPSA) is 52.2 Å². The molecule has 0 bridgehead atoms. The molecule has 0 saturated heterocycles. The van der Waals surface area contributed by atoms with Crippen LogP contribution in [0.25, 0.3) is 10.9 Å². The molecule has 0 aliphatic heterocycles. The molecule has 1 aromatic carbocycles. The summed E-state index contributed by atoms with van der Waals surface area (Å²) in [6.45, 7) is 3.02. The van der Waals surface area contributed by atoms with E-state index in [2.05, 4.69) is 64.0 Å². The Labute approximate surface area is 131 Å². The molecule has 116 valence electrons. The predicted octanol–water partition coefficient (Wildman–Crippen LogP) is 2.90. The maximum absolute atomic E-state index is 4.31. The number of H-pyrrole nitrogens is 1. The molecule has 1 aliphatic rings. The summed E-state index contributed by atoms with van der Waals surface area (Å²) in [5.41, 5.74) is 3.86. The van der Waals surface area contributed by atoms with Gasteiger partial charge in [-0.2, -0.15) is 0 Å². The molecule has 0 atom stereocenters. The average Bonchev–Trinajstić information content (AvgIpc) is 3.14. The fraction of sp³-hybridized carbons (Fsp3) is 0.389. The molecular formula is C18H24N4. The third-order valence-electron chi connectivity index (χ3n) is 4.27. The van der Waals surface area contributed by atoms with Crippen LogP contribution >= 0.6 is 0 Å². The minimum absolute atomic E-state index is 0.487. The monoisotopic (exact) mass is 296 g/mol. The van der Waals surface area contributed by atoms with Gasteiger partial charge in [-0.15, -0.1) is 0 Å². The van der Waals surface area contributed by atoms with E-state index in [0.29, 0.717) is 6.04 Å². The maximum atomic E-state index is 4.31. The number of rotatable bonds is 4. The number of benzene rings is 1. The van der Waals surface area contributed by atoms with E-state index in [4.69, 9.17) is 0 Å². The molecule has 0 saturated carbocycles. The quantitative estimate of drug-likeness (QED) is 0.461. The Balaban J connectivity index is 1.58. The van der Waals surface area contributed by atoms with Crippen molar-refractivity contribution in [2.75, 3.05) is 13.6 Å². The second-order valence-electron chi connectivity index (χ2n) is 5.81. The van der Waals surface area contributed by atoms with E-state index in [0.717, 1.165) is 31.8 Å². The highest BCUT2D eigenvalue weighted by atomic mass is 15.2. The van der Waals surface area contributed by atoms with Crippen LogP contribution in [0.5, 0.6) is 0 Å². The lowest BCUT2D eigenvalue weighted by Gasteiger charge is -2.16. The van der Waals surface area contributed by atoms with Gasteiger partial charge < -0.3 is 15.6 Å². The van der Waals surface area contributed by atoms with E-state index in [-0.39, 0.29) is 0 Å². The van der Waals surface area contributed by atoms with Gasteiger partial charge in [-0.1, -0.05) is 30.4 Å². The second kappa shape index (κ2) is 6.69.